The molecule has 0 spiro atoms. The summed E-state index contributed by atoms with van der Waals surface area (Å²) >= 11 is 0. The van der Waals surface area contributed by atoms with Crippen LogP contribution in [0.25, 0.3) is 0 Å². The maximum atomic E-state index is 11.6. The molecule has 1 atom stereocenters. The predicted molar refractivity (Wildman–Crippen MR) is 49.2 cm³/mol. The molecule has 1 amide bonds. The van der Waals surface area contributed by atoms with Crippen LogP contribution in [-0.4, -0.2) is 40.6 Å². The van der Waals surface area contributed by atoms with E-state index in [0.29, 0.717) is 12.1 Å². The highest BCUT2D eigenvalue weighted by molar-refractivity contribution is 5.93. The van der Waals surface area contributed by atoms with Gasteiger partial charge in [0.2, 0.25) is 0 Å². The van der Waals surface area contributed by atoms with E-state index < -0.39 is 0 Å². The highest BCUT2D eigenvalue weighted by Crippen LogP contribution is 2.03. The molecule has 0 fully saturated rings. The number of aromatic amines is 1. The topological polar surface area (TPSA) is 75.0 Å². The molecule has 5 nitrogen and oxygen atoms in total. The average Bonchev–Trinajstić information content (AvgIpc) is 2.67. The molecular weight excluding hydrogens is 168 g/mol. The molecule has 0 aliphatic rings. The number of likely N-dealkylation sites (N-methyl/N-ethyl adjacent to an activating group) is 1. The molecule has 3 N–H and O–H groups in total. The largest absolute Gasteiger partial charge is 0.338 e. The van der Waals surface area contributed by atoms with Crippen molar-refractivity contribution in [1.82, 2.24) is 15.1 Å². The molecule has 0 radical (unpaired) electrons. The van der Waals surface area contributed by atoms with E-state index >= 15 is 0 Å². The summed E-state index contributed by atoms with van der Waals surface area (Å²) in [5.41, 5.74) is 6.00. The summed E-state index contributed by atoms with van der Waals surface area (Å²) in [4.78, 5) is 13.2. The lowest BCUT2D eigenvalue weighted by Gasteiger charge is -2.22. The molecular formula is C8H14N4O. The molecule has 1 aromatic heterocycles. The molecule has 0 saturated heterocycles. The van der Waals surface area contributed by atoms with Gasteiger partial charge in [0.1, 0.15) is 0 Å². The van der Waals surface area contributed by atoms with E-state index in [9.17, 15) is 4.79 Å². The van der Waals surface area contributed by atoms with Crippen LogP contribution in [0, 0.1) is 0 Å². The normalized spacial score (nSPS) is 12.5. The zero-order valence-corrected chi connectivity index (χ0v) is 7.82. The number of amides is 1. The molecule has 1 aromatic rings. The van der Waals surface area contributed by atoms with Crippen molar-refractivity contribution in [1.29, 1.82) is 0 Å². The minimum Gasteiger partial charge on any atom is -0.338 e. The molecule has 1 heterocycles. The zero-order chi connectivity index (χ0) is 9.84. The SMILES string of the molecule is CC(CN)N(C)C(=O)c1cn[nH]c1. The van der Waals surface area contributed by atoms with E-state index in [1.54, 1.807) is 18.1 Å². The number of nitrogens with two attached hydrogens (primary N) is 1. The Bertz CT molecular complexity index is 270. The summed E-state index contributed by atoms with van der Waals surface area (Å²) in [5.74, 6) is -0.0632. The van der Waals surface area contributed by atoms with Crippen LogP contribution in [-0.2, 0) is 0 Å². The molecule has 0 aliphatic carbocycles. The number of nitrogens with one attached hydrogen (secondary N) is 1. The molecule has 0 aromatic carbocycles. The smallest absolute Gasteiger partial charge is 0.257 e. The van der Waals surface area contributed by atoms with Gasteiger partial charge in [0, 0.05) is 25.8 Å². The van der Waals surface area contributed by atoms with Gasteiger partial charge in [-0.1, -0.05) is 0 Å². The van der Waals surface area contributed by atoms with Gasteiger partial charge < -0.3 is 10.6 Å². The van der Waals surface area contributed by atoms with E-state index in [0.717, 1.165) is 0 Å². The van der Waals surface area contributed by atoms with Crippen molar-refractivity contribution >= 4 is 5.91 Å². The van der Waals surface area contributed by atoms with Gasteiger partial charge in [-0.15, -0.1) is 0 Å². The molecule has 0 saturated carbocycles. The quantitative estimate of drug-likeness (QED) is 0.681. The van der Waals surface area contributed by atoms with Crippen LogP contribution >= 0.6 is 0 Å². The number of hydrogen-bond acceptors (Lipinski definition) is 3. The molecule has 1 unspecified atom stereocenters. The summed E-state index contributed by atoms with van der Waals surface area (Å²) in [5, 5.41) is 6.30. The second-order valence-corrected chi connectivity index (χ2v) is 2.99. The van der Waals surface area contributed by atoms with Gasteiger partial charge in [-0.25, -0.2) is 0 Å². The Morgan fingerprint density at radius 2 is 2.54 bits per heavy atom. The number of aromatic nitrogens is 2. The molecule has 5 heteroatoms. The Hall–Kier alpha value is -1.36. The van der Waals surface area contributed by atoms with Gasteiger partial charge in [0.15, 0.2) is 0 Å². The number of H-pyrrole nitrogens is 1. The van der Waals surface area contributed by atoms with Crippen molar-refractivity contribution in [2.75, 3.05) is 13.6 Å². The second-order valence-electron chi connectivity index (χ2n) is 2.99. The standard InChI is InChI=1S/C8H14N4O/c1-6(3-9)12(2)8(13)7-4-10-11-5-7/h4-6H,3,9H2,1-2H3,(H,10,11). The van der Waals surface area contributed by atoms with Crippen LogP contribution in [0.1, 0.15) is 17.3 Å². The third-order valence-electron chi connectivity index (χ3n) is 2.07. The van der Waals surface area contributed by atoms with Crippen molar-refractivity contribution in [3.8, 4) is 0 Å². The summed E-state index contributed by atoms with van der Waals surface area (Å²) in [7, 11) is 1.73. The Morgan fingerprint density at radius 3 is 3.00 bits per heavy atom. The lowest BCUT2D eigenvalue weighted by atomic mass is 10.2. The summed E-state index contributed by atoms with van der Waals surface area (Å²) in [6, 6.07) is 0.0439. The summed E-state index contributed by atoms with van der Waals surface area (Å²) in [6.07, 6.45) is 3.07. The van der Waals surface area contributed by atoms with Crippen LogP contribution in [0.2, 0.25) is 0 Å². The number of nitrogens with zero attached hydrogens (tertiary/aromatic N) is 2. The van der Waals surface area contributed by atoms with Gasteiger partial charge >= 0.3 is 0 Å². The minimum absolute atomic E-state index is 0.0439. The van der Waals surface area contributed by atoms with Crippen molar-refractivity contribution in [3.63, 3.8) is 0 Å². The second kappa shape index (κ2) is 4.04. The first-order valence-electron chi connectivity index (χ1n) is 4.12. The summed E-state index contributed by atoms with van der Waals surface area (Å²) in [6.45, 7) is 2.36. The fourth-order valence-electron chi connectivity index (χ4n) is 0.930. The van der Waals surface area contributed by atoms with Gasteiger partial charge in [0.25, 0.3) is 5.91 Å². The lowest BCUT2D eigenvalue weighted by molar-refractivity contribution is 0.0748. The maximum absolute atomic E-state index is 11.6. The fourth-order valence-corrected chi connectivity index (χ4v) is 0.930. The average molecular weight is 182 g/mol. The van der Waals surface area contributed by atoms with Crippen LogP contribution < -0.4 is 5.73 Å². The third kappa shape index (κ3) is 2.06. The van der Waals surface area contributed by atoms with Crippen LogP contribution in [0.5, 0.6) is 0 Å². The van der Waals surface area contributed by atoms with Crippen LogP contribution in [0.3, 0.4) is 0 Å². The molecule has 13 heavy (non-hydrogen) atoms. The third-order valence-corrected chi connectivity index (χ3v) is 2.07. The van der Waals surface area contributed by atoms with Gasteiger partial charge in [-0.2, -0.15) is 5.10 Å². The lowest BCUT2D eigenvalue weighted by Crippen LogP contribution is -2.39. The Kier molecular flexibility index (Phi) is 3.02. The highest BCUT2D eigenvalue weighted by Gasteiger charge is 2.16. The molecule has 0 aliphatic heterocycles. The van der Waals surface area contributed by atoms with Crippen molar-refractivity contribution in [2.24, 2.45) is 5.73 Å². The van der Waals surface area contributed by atoms with Gasteiger partial charge in [-0.05, 0) is 6.92 Å². The van der Waals surface area contributed by atoms with Gasteiger partial charge in [0.05, 0.1) is 11.8 Å². The van der Waals surface area contributed by atoms with Crippen LogP contribution in [0.4, 0.5) is 0 Å². The number of carbonyl (C=O) groups excluding carboxylic acids is 1. The Balaban J connectivity index is 2.68. The van der Waals surface area contributed by atoms with E-state index in [1.807, 2.05) is 6.92 Å². The first-order valence-corrected chi connectivity index (χ1v) is 4.12. The molecule has 72 valence electrons. The van der Waals surface area contributed by atoms with E-state index in [4.69, 9.17) is 5.73 Å². The predicted octanol–water partition coefficient (Wildman–Crippen LogP) is -0.171. The van der Waals surface area contributed by atoms with Crippen molar-refractivity contribution < 1.29 is 4.79 Å². The summed E-state index contributed by atoms with van der Waals surface area (Å²) < 4.78 is 0. The Morgan fingerprint density at radius 1 is 1.85 bits per heavy atom. The van der Waals surface area contributed by atoms with E-state index in [2.05, 4.69) is 10.2 Å². The van der Waals surface area contributed by atoms with Crippen LogP contribution in [0.15, 0.2) is 12.4 Å². The van der Waals surface area contributed by atoms with E-state index in [-0.39, 0.29) is 11.9 Å². The monoisotopic (exact) mass is 182 g/mol. The van der Waals surface area contributed by atoms with Gasteiger partial charge in [-0.3, -0.25) is 9.89 Å². The van der Waals surface area contributed by atoms with Crippen molar-refractivity contribution in [3.05, 3.63) is 18.0 Å². The fraction of sp³-hybridized carbons (Fsp3) is 0.500. The number of hydrogen-bond donors (Lipinski definition) is 2. The zero-order valence-electron chi connectivity index (χ0n) is 7.82. The first kappa shape index (κ1) is 9.73. The minimum atomic E-state index is -0.0632. The Labute approximate surface area is 76.9 Å². The molecule has 1 rings (SSSR count). The maximum Gasteiger partial charge on any atom is 0.257 e. The molecule has 0 bridgehead atoms. The highest BCUT2D eigenvalue weighted by atomic mass is 16.2. The van der Waals surface area contributed by atoms with Crippen molar-refractivity contribution in [2.45, 2.75) is 13.0 Å². The van der Waals surface area contributed by atoms with E-state index in [1.165, 1.54) is 6.20 Å². The number of carbonyl (C=O) groups is 1. The first-order chi connectivity index (χ1) is 6.16. The number of rotatable bonds is 3.